The molecular formula is C12H23N3O4S. The molecule has 2 amide bonds. The Morgan fingerprint density at radius 2 is 2.10 bits per heavy atom. The van der Waals surface area contributed by atoms with Crippen molar-refractivity contribution in [2.75, 3.05) is 38.2 Å². The maximum absolute atomic E-state index is 11.9. The van der Waals surface area contributed by atoms with E-state index in [4.69, 9.17) is 0 Å². The number of amides is 2. The van der Waals surface area contributed by atoms with Crippen molar-refractivity contribution in [1.29, 1.82) is 0 Å². The average molecular weight is 305 g/mol. The lowest BCUT2D eigenvalue weighted by atomic mass is 10.2. The molecule has 0 saturated carbocycles. The predicted octanol–water partition coefficient (Wildman–Crippen LogP) is -1.25. The molecule has 7 nitrogen and oxygen atoms in total. The minimum atomic E-state index is -3.05. The Bertz CT molecular complexity index is 450. The SMILES string of the molecule is CCCNC(=O)CN(C)C(=O)CC1CS(=O)(=O)CCN1. The Balaban J connectivity index is 2.39. The van der Waals surface area contributed by atoms with Crippen molar-refractivity contribution >= 4 is 21.7 Å². The molecule has 1 aliphatic rings. The molecule has 1 heterocycles. The Labute approximate surface area is 120 Å². The summed E-state index contributed by atoms with van der Waals surface area (Å²) in [5.41, 5.74) is 0. The molecule has 1 unspecified atom stereocenters. The van der Waals surface area contributed by atoms with Crippen LogP contribution in [-0.2, 0) is 19.4 Å². The second-order valence-electron chi connectivity index (χ2n) is 5.07. The Hall–Kier alpha value is -1.15. The van der Waals surface area contributed by atoms with Gasteiger partial charge in [0.2, 0.25) is 11.8 Å². The van der Waals surface area contributed by atoms with Crippen LogP contribution in [0.4, 0.5) is 0 Å². The van der Waals surface area contributed by atoms with E-state index in [1.165, 1.54) is 4.90 Å². The van der Waals surface area contributed by atoms with Crippen molar-refractivity contribution in [3.05, 3.63) is 0 Å². The first-order valence-electron chi connectivity index (χ1n) is 6.78. The summed E-state index contributed by atoms with van der Waals surface area (Å²) in [5.74, 6) is -0.333. The third-order valence-electron chi connectivity index (χ3n) is 3.10. The summed E-state index contributed by atoms with van der Waals surface area (Å²) in [5, 5.41) is 5.71. The zero-order valence-electron chi connectivity index (χ0n) is 12.0. The molecule has 1 fully saturated rings. The van der Waals surface area contributed by atoms with E-state index in [1.54, 1.807) is 7.05 Å². The third-order valence-corrected chi connectivity index (χ3v) is 4.84. The lowest BCUT2D eigenvalue weighted by Crippen LogP contribution is -2.48. The van der Waals surface area contributed by atoms with Crippen molar-refractivity contribution in [2.24, 2.45) is 0 Å². The lowest BCUT2D eigenvalue weighted by Gasteiger charge is -2.25. The number of sulfone groups is 1. The third kappa shape index (κ3) is 5.87. The smallest absolute Gasteiger partial charge is 0.239 e. The lowest BCUT2D eigenvalue weighted by molar-refractivity contribution is -0.135. The quantitative estimate of drug-likeness (QED) is 0.639. The van der Waals surface area contributed by atoms with Gasteiger partial charge in [0.1, 0.15) is 0 Å². The van der Waals surface area contributed by atoms with Crippen LogP contribution in [-0.4, -0.2) is 69.4 Å². The van der Waals surface area contributed by atoms with Gasteiger partial charge in [0, 0.05) is 32.6 Å². The van der Waals surface area contributed by atoms with Gasteiger partial charge in [0.25, 0.3) is 0 Å². The second kappa shape index (κ2) is 7.58. The topological polar surface area (TPSA) is 95.6 Å². The van der Waals surface area contributed by atoms with E-state index in [0.717, 1.165) is 6.42 Å². The molecule has 1 atom stereocenters. The first kappa shape index (κ1) is 16.9. The van der Waals surface area contributed by atoms with Crippen molar-refractivity contribution in [3.8, 4) is 0 Å². The molecule has 0 bridgehead atoms. The van der Waals surface area contributed by atoms with Gasteiger partial charge in [-0.3, -0.25) is 9.59 Å². The summed E-state index contributed by atoms with van der Waals surface area (Å²) >= 11 is 0. The van der Waals surface area contributed by atoms with Gasteiger partial charge in [-0.1, -0.05) is 6.92 Å². The zero-order chi connectivity index (χ0) is 15.2. The van der Waals surface area contributed by atoms with Crippen molar-refractivity contribution in [3.63, 3.8) is 0 Å². The molecule has 0 aromatic heterocycles. The Morgan fingerprint density at radius 1 is 1.40 bits per heavy atom. The number of hydrogen-bond donors (Lipinski definition) is 2. The van der Waals surface area contributed by atoms with Crippen LogP contribution in [0.2, 0.25) is 0 Å². The molecule has 1 saturated heterocycles. The fourth-order valence-corrected chi connectivity index (χ4v) is 3.43. The molecule has 8 heteroatoms. The summed E-state index contributed by atoms with van der Waals surface area (Å²) in [7, 11) is -1.50. The second-order valence-corrected chi connectivity index (χ2v) is 7.30. The van der Waals surface area contributed by atoms with Crippen LogP contribution in [0.15, 0.2) is 0 Å². The standard InChI is InChI=1S/C12H23N3O4S/c1-3-4-14-11(16)8-15(2)12(17)7-10-9-20(18,19)6-5-13-10/h10,13H,3-9H2,1-2H3,(H,14,16). The molecule has 2 N–H and O–H groups in total. The van der Waals surface area contributed by atoms with Crippen LogP contribution in [0.5, 0.6) is 0 Å². The highest BCUT2D eigenvalue weighted by molar-refractivity contribution is 7.91. The number of hydrogen-bond acceptors (Lipinski definition) is 5. The maximum atomic E-state index is 11.9. The minimum Gasteiger partial charge on any atom is -0.355 e. The van der Waals surface area contributed by atoms with Crippen LogP contribution in [0.25, 0.3) is 0 Å². The van der Waals surface area contributed by atoms with Crippen LogP contribution >= 0.6 is 0 Å². The Morgan fingerprint density at radius 3 is 2.70 bits per heavy atom. The largest absolute Gasteiger partial charge is 0.355 e. The number of rotatable bonds is 6. The van der Waals surface area contributed by atoms with E-state index in [-0.39, 0.29) is 42.3 Å². The van der Waals surface area contributed by atoms with Gasteiger partial charge >= 0.3 is 0 Å². The molecule has 0 radical (unpaired) electrons. The fraction of sp³-hybridized carbons (Fsp3) is 0.833. The summed E-state index contributed by atoms with van der Waals surface area (Å²) < 4.78 is 23.0. The summed E-state index contributed by atoms with van der Waals surface area (Å²) in [4.78, 5) is 24.8. The summed E-state index contributed by atoms with van der Waals surface area (Å²) in [6.45, 7) is 2.91. The van der Waals surface area contributed by atoms with Crippen LogP contribution in [0.3, 0.4) is 0 Å². The summed E-state index contributed by atoms with van der Waals surface area (Å²) in [6, 6.07) is -0.359. The normalized spacial score (nSPS) is 21.2. The van der Waals surface area contributed by atoms with Crippen molar-refractivity contribution in [2.45, 2.75) is 25.8 Å². The van der Waals surface area contributed by atoms with Crippen molar-refractivity contribution in [1.82, 2.24) is 15.5 Å². The molecule has 20 heavy (non-hydrogen) atoms. The van der Waals surface area contributed by atoms with E-state index in [9.17, 15) is 18.0 Å². The zero-order valence-corrected chi connectivity index (χ0v) is 12.8. The van der Waals surface area contributed by atoms with Gasteiger partial charge in [0.15, 0.2) is 9.84 Å². The highest BCUT2D eigenvalue weighted by Gasteiger charge is 2.27. The van der Waals surface area contributed by atoms with Gasteiger partial charge in [-0.25, -0.2) is 8.42 Å². The van der Waals surface area contributed by atoms with Gasteiger partial charge in [-0.05, 0) is 6.42 Å². The van der Waals surface area contributed by atoms with Crippen LogP contribution in [0, 0.1) is 0 Å². The van der Waals surface area contributed by atoms with Gasteiger partial charge in [-0.15, -0.1) is 0 Å². The van der Waals surface area contributed by atoms with E-state index in [1.807, 2.05) is 6.92 Å². The molecule has 116 valence electrons. The van der Waals surface area contributed by atoms with Crippen LogP contribution in [0.1, 0.15) is 19.8 Å². The number of carbonyl (C=O) groups is 2. The molecule has 0 aromatic carbocycles. The van der Waals surface area contributed by atoms with Gasteiger partial charge in [-0.2, -0.15) is 0 Å². The Kier molecular flexibility index (Phi) is 6.41. The van der Waals surface area contributed by atoms with Gasteiger partial charge in [0.05, 0.1) is 18.1 Å². The highest BCUT2D eigenvalue weighted by atomic mass is 32.2. The first-order valence-corrected chi connectivity index (χ1v) is 8.60. The van der Waals surface area contributed by atoms with E-state index < -0.39 is 9.84 Å². The van der Waals surface area contributed by atoms with Crippen molar-refractivity contribution < 1.29 is 18.0 Å². The number of likely N-dealkylation sites (N-methyl/N-ethyl adjacent to an activating group) is 1. The minimum absolute atomic E-state index is 0.00168. The molecule has 1 aliphatic heterocycles. The summed E-state index contributed by atoms with van der Waals surface area (Å²) in [6.07, 6.45) is 0.935. The van der Waals surface area contributed by atoms with E-state index in [0.29, 0.717) is 13.1 Å². The predicted molar refractivity (Wildman–Crippen MR) is 76.0 cm³/mol. The molecule has 0 spiro atoms. The molecular weight excluding hydrogens is 282 g/mol. The fourth-order valence-electron chi connectivity index (χ4n) is 1.99. The highest BCUT2D eigenvalue weighted by Crippen LogP contribution is 2.06. The van der Waals surface area contributed by atoms with Crippen LogP contribution < -0.4 is 10.6 Å². The molecule has 0 aromatic rings. The molecule has 0 aliphatic carbocycles. The first-order chi connectivity index (χ1) is 9.34. The number of carbonyl (C=O) groups excluding carboxylic acids is 2. The number of nitrogens with zero attached hydrogens (tertiary/aromatic N) is 1. The maximum Gasteiger partial charge on any atom is 0.239 e. The monoisotopic (exact) mass is 305 g/mol. The van der Waals surface area contributed by atoms with E-state index >= 15 is 0 Å². The number of nitrogens with one attached hydrogen (secondary N) is 2. The van der Waals surface area contributed by atoms with E-state index in [2.05, 4.69) is 10.6 Å². The molecule has 1 rings (SSSR count). The average Bonchev–Trinajstić information content (AvgIpc) is 2.35. The van der Waals surface area contributed by atoms with Gasteiger partial charge < -0.3 is 15.5 Å².